The standard InChI is InChI=1S/C34H43N3O8/c1-36(2)32-28(42)16-22-9-8-21(24-15-20(7-12-29(24)45-3)19-37-13-5-4-6-14-37)10-11-23(38)17-25(39)30(22)26(40)18-27(41)31(33(32)43)34(35)44/h7-8,10-12,15,17,22,28,32,39-40,42-43H,4-6,9,13-14,16,18-19H2,1-3H3,(H2,35,44)/b11-10?,21-8?,25-17?,30-26?,33-31-/t22-,28-,32-/m0/s1. The highest BCUT2D eigenvalue weighted by molar-refractivity contribution is 6.19. The van der Waals surface area contributed by atoms with E-state index < -0.39 is 64.8 Å². The molecule has 1 aromatic carbocycles. The maximum Gasteiger partial charge on any atom is 0.255 e. The number of likely N-dealkylation sites (tertiary alicyclic amines) is 1. The van der Waals surface area contributed by atoms with Gasteiger partial charge in [0.2, 0.25) is 0 Å². The van der Waals surface area contributed by atoms with Gasteiger partial charge >= 0.3 is 0 Å². The predicted octanol–water partition coefficient (Wildman–Crippen LogP) is 3.42. The van der Waals surface area contributed by atoms with Gasteiger partial charge in [0, 0.05) is 23.8 Å². The number of ketones is 2. The van der Waals surface area contributed by atoms with Gasteiger partial charge < -0.3 is 30.9 Å². The van der Waals surface area contributed by atoms with Crippen molar-refractivity contribution in [3.8, 4) is 5.75 Å². The number of likely N-dealkylation sites (N-methyl/N-ethyl adjacent to an activating group) is 1. The van der Waals surface area contributed by atoms with Crippen LogP contribution in [0.2, 0.25) is 0 Å². The number of aliphatic hydroxyl groups excluding tert-OH is 4. The molecule has 0 radical (unpaired) electrons. The molecule has 0 aromatic heterocycles. The lowest BCUT2D eigenvalue weighted by molar-refractivity contribution is -0.121. The fourth-order valence-corrected chi connectivity index (χ4v) is 6.43. The molecular weight excluding hydrogens is 578 g/mol. The van der Waals surface area contributed by atoms with Crippen molar-refractivity contribution in [3.05, 3.63) is 82.1 Å². The van der Waals surface area contributed by atoms with Gasteiger partial charge in [-0.3, -0.25) is 24.2 Å². The number of nitrogens with two attached hydrogens (primary N) is 1. The summed E-state index contributed by atoms with van der Waals surface area (Å²) in [6.07, 6.45) is 7.14. The molecule has 1 fully saturated rings. The average Bonchev–Trinajstić information content (AvgIpc) is 2.96. The van der Waals surface area contributed by atoms with E-state index in [9.17, 15) is 34.8 Å². The van der Waals surface area contributed by atoms with E-state index in [1.807, 2.05) is 24.3 Å². The monoisotopic (exact) mass is 621 g/mol. The van der Waals surface area contributed by atoms with Crippen molar-refractivity contribution in [2.75, 3.05) is 34.3 Å². The van der Waals surface area contributed by atoms with Gasteiger partial charge in [-0.2, -0.15) is 0 Å². The second kappa shape index (κ2) is 14.7. The van der Waals surface area contributed by atoms with Crippen LogP contribution in [0.25, 0.3) is 5.57 Å². The van der Waals surface area contributed by atoms with Crippen LogP contribution < -0.4 is 10.5 Å². The SMILES string of the molecule is COc1ccc(CN2CCCCC2)cc1C1=CC[C@H]2C[C@H](O)[C@H](N(C)C)/C(O)=C(/C(N)=O)C(=O)CC(O)=C2C(O)=CC(=O)C=C1. The van der Waals surface area contributed by atoms with Gasteiger partial charge in [-0.25, -0.2) is 0 Å². The van der Waals surface area contributed by atoms with Gasteiger partial charge in [0.25, 0.3) is 5.91 Å². The number of aliphatic hydroxyl groups is 4. The Bertz CT molecular complexity index is 1480. The summed E-state index contributed by atoms with van der Waals surface area (Å²) in [6.45, 7) is 2.82. The highest BCUT2D eigenvalue weighted by Gasteiger charge is 2.37. The Balaban J connectivity index is 1.83. The molecule has 0 saturated carbocycles. The molecule has 1 aromatic rings. The summed E-state index contributed by atoms with van der Waals surface area (Å²) >= 11 is 0. The number of nitrogens with zero attached hydrogens (tertiary/aromatic N) is 2. The largest absolute Gasteiger partial charge is 0.511 e. The maximum atomic E-state index is 13.2. The van der Waals surface area contributed by atoms with Crippen molar-refractivity contribution < 1.29 is 39.5 Å². The summed E-state index contributed by atoms with van der Waals surface area (Å²) in [5, 5.41) is 44.6. The first-order valence-corrected chi connectivity index (χ1v) is 15.2. The van der Waals surface area contributed by atoms with Crippen LogP contribution >= 0.6 is 0 Å². The van der Waals surface area contributed by atoms with Crippen LogP contribution in [0.5, 0.6) is 5.75 Å². The van der Waals surface area contributed by atoms with E-state index in [2.05, 4.69) is 4.90 Å². The summed E-state index contributed by atoms with van der Waals surface area (Å²) in [5.74, 6) is -4.89. The molecule has 1 saturated heterocycles. The number of hydrogen-bond donors (Lipinski definition) is 5. The van der Waals surface area contributed by atoms with Gasteiger partial charge in [-0.15, -0.1) is 0 Å². The van der Waals surface area contributed by atoms with E-state index in [-0.39, 0.29) is 18.4 Å². The molecule has 3 atom stereocenters. The Morgan fingerprint density at radius 1 is 1.09 bits per heavy atom. The minimum atomic E-state index is -1.38. The van der Waals surface area contributed by atoms with E-state index in [0.717, 1.165) is 49.7 Å². The maximum absolute atomic E-state index is 13.2. The smallest absolute Gasteiger partial charge is 0.255 e. The normalized spacial score (nSPS) is 25.8. The van der Waals surface area contributed by atoms with E-state index in [1.54, 1.807) is 27.3 Å². The molecule has 1 aliphatic heterocycles. The number of methoxy groups -OCH3 is 1. The van der Waals surface area contributed by atoms with Crippen LogP contribution in [-0.4, -0.2) is 94.1 Å². The van der Waals surface area contributed by atoms with E-state index >= 15 is 0 Å². The molecule has 1 heterocycles. The molecule has 0 bridgehead atoms. The fraction of sp³-hybridized carbons (Fsp3) is 0.441. The minimum Gasteiger partial charge on any atom is -0.511 e. The zero-order valence-corrected chi connectivity index (χ0v) is 26.0. The van der Waals surface area contributed by atoms with Gasteiger partial charge in [-0.1, -0.05) is 24.6 Å². The first kappa shape index (κ1) is 33.7. The van der Waals surface area contributed by atoms with E-state index in [0.29, 0.717) is 11.3 Å². The highest BCUT2D eigenvalue weighted by Crippen LogP contribution is 2.37. The summed E-state index contributed by atoms with van der Waals surface area (Å²) < 4.78 is 5.69. The van der Waals surface area contributed by atoms with Gasteiger partial charge in [0.05, 0.1) is 25.7 Å². The lowest BCUT2D eigenvalue weighted by Gasteiger charge is -2.33. The second-order valence-electron chi connectivity index (χ2n) is 12.0. The van der Waals surface area contributed by atoms with E-state index in [1.165, 1.54) is 17.4 Å². The first-order chi connectivity index (χ1) is 21.4. The quantitative estimate of drug-likeness (QED) is 0.296. The molecule has 2 aliphatic carbocycles. The number of benzene rings is 1. The molecule has 4 rings (SSSR count). The van der Waals surface area contributed by atoms with Crippen LogP contribution in [-0.2, 0) is 20.9 Å². The third-order valence-corrected chi connectivity index (χ3v) is 8.59. The highest BCUT2D eigenvalue weighted by atomic mass is 16.5. The number of fused-ring (bicyclic) bond motifs is 1. The Morgan fingerprint density at radius 2 is 1.80 bits per heavy atom. The van der Waals surface area contributed by atoms with Crippen LogP contribution in [0.3, 0.4) is 0 Å². The lowest BCUT2D eigenvalue weighted by Crippen LogP contribution is -2.44. The first-order valence-electron chi connectivity index (χ1n) is 15.2. The fourth-order valence-electron chi connectivity index (χ4n) is 6.43. The van der Waals surface area contributed by atoms with Gasteiger partial charge in [0.1, 0.15) is 28.6 Å². The van der Waals surface area contributed by atoms with Gasteiger partial charge in [-0.05, 0) is 88.1 Å². The van der Waals surface area contributed by atoms with Crippen LogP contribution in [0, 0.1) is 5.92 Å². The van der Waals surface area contributed by atoms with Gasteiger partial charge in [0.15, 0.2) is 11.6 Å². The molecule has 11 nitrogen and oxygen atoms in total. The third kappa shape index (κ3) is 7.91. The number of carbonyl (C=O) groups is 3. The Kier molecular flexibility index (Phi) is 11.0. The average molecular weight is 622 g/mol. The molecular formula is C34H43N3O8. The van der Waals surface area contributed by atoms with Crippen molar-refractivity contribution in [3.63, 3.8) is 0 Å². The zero-order chi connectivity index (χ0) is 32.8. The Hall–Kier alpha value is -4.19. The van der Waals surface area contributed by atoms with Crippen molar-refractivity contribution in [2.24, 2.45) is 11.7 Å². The number of allylic oxidation sites excluding steroid dienone is 7. The number of primary amides is 1. The van der Waals surface area contributed by atoms with Crippen LogP contribution in [0.15, 0.2) is 70.9 Å². The lowest BCUT2D eigenvalue weighted by atomic mass is 9.81. The summed E-state index contributed by atoms with van der Waals surface area (Å²) in [5.41, 5.74) is 7.03. The number of hydrogen-bond acceptors (Lipinski definition) is 10. The number of rotatable bonds is 6. The molecule has 3 aliphatic rings. The van der Waals surface area contributed by atoms with Crippen molar-refractivity contribution in [2.45, 2.75) is 57.2 Å². The third-order valence-electron chi connectivity index (χ3n) is 8.59. The number of carbonyl (C=O) groups excluding carboxylic acids is 3. The Morgan fingerprint density at radius 3 is 2.44 bits per heavy atom. The molecule has 11 heteroatoms. The van der Waals surface area contributed by atoms with Crippen molar-refractivity contribution in [1.29, 1.82) is 0 Å². The number of Topliss-reactive ketones (excluding diaryl/α,β-unsaturated/α-hetero) is 1. The van der Waals surface area contributed by atoms with E-state index in [4.69, 9.17) is 10.5 Å². The van der Waals surface area contributed by atoms with Crippen LogP contribution in [0.1, 0.15) is 49.7 Å². The topological polar surface area (TPSA) is 174 Å². The van der Waals surface area contributed by atoms with Crippen molar-refractivity contribution >= 4 is 23.0 Å². The molecule has 242 valence electrons. The molecule has 0 unspecified atom stereocenters. The summed E-state index contributed by atoms with van der Waals surface area (Å²) in [4.78, 5) is 42.2. The molecule has 0 spiro atoms. The predicted molar refractivity (Wildman–Crippen MR) is 169 cm³/mol. The van der Waals surface area contributed by atoms with Crippen molar-refractivity contribution in [1.82, 2.24) is 9.80 Å². The molecule has 45 heavy (non-hydrogen) atoms. The second-order valence-corrected chi connectivity index (χ2v) is 12.0. The van der Waals surface area contributed by atoms with Crippen LogP contribution in [0.4, 0.5) is 0 Å². The molecule has 6 N–H and O–H groups in total. The number of ether oxygens (including phenoxy) is 1. The molecule has 1 amide bonds. The number of piperidine rings is 1. The number of amides is 1. The zero-order valence-electron chi connectivity index (χ0n) is 26.0. The summed E-state index contributed by atoms with van der Waals surface area (Å²) in [6, 6.07) is 4.73. The Labute approximate surface area is 263 Å². The minimum absolute atomic E-state index is 0.116. The summed E-state index contributed by atoms with van der Waals surface area (Å²) in [7, 11) is 4.68.